The Morgan fingerprint density at radius 1 is 1.10 bits per heavy atom. The number of carbonyl (C=O) groups excluding carboxylic acids is 3. The van der Waals surface area contributed by atoms with Crippen molar-refractivity contribution in [2.75, 3.05) is 6.61 Å². The van der Waals surface area contributed by atoms with E-state index in [-0.39, 0.29) is 18.5 Å². The van der Waals surface area contributed by atoms with E-state index in [0.717, 1.165) is 22.6 Å². The van der Waals surface area contributed by atoms with E-state index in [1.165, 1.54) is 13.8 Å². The minimum absolute atomic E-state index is 0.167. The van der Waals surface area contributed by atoms with Crippen LogP contribution in [0.3, 0.4) is 0 Å². The van der Waals surface area contributed by atoms with Gasteiger partial charge in [-0.15, -0.1) is 0 Å². The topological polar surface area (TPSA) is 86.5 Å². The van der Waals surface area contributed by atoms with Crippen LogP contribution >= 0.6 is 0 Å². The van der Waals surface area contributed by atoms with Gasteiger partial charge in [-0.2, -0.15) is 0 Å². The molecule has 0 amide bonds. The molecular weight excluding hydrogens is 394 g/mol. The minimum Gasteiger partial charge on any atom is -0.493 e. The molecule has 0 spiro atoms. The smallest absolute Gasteiger partial charge is 0.226 e. The third-order valence-electron chi connectivity index (χ3n) is 5.43. The molecule has 0 N–H and O–H groups in total. The van der Waals surface area contributed by atoms with Crippen molar-refractivity contribution >= 4 is 17.9 Å². The van der Waals surface area contributed by atoms with Crippen molar-refractivity contribution in [3.05, 3.63) is 71.6 Å². The van der Waals surface area contributed by atoms with E-state index in [1.54, 1.807) is 24.3 Å². The zero-order chi connectivity index (χ0) is 22.4. The zero-order valence-corrected chi connectivity index (χ0v) is 17.9. The SMILES string of the molecule is CC(=O)C(C)(Cc1ccc(OCCc2nc(-c3ccccc3)oc2C)cc1)C(=O)C=O. The molecule has 0 fully saturated rings. The van der Waals surface area contributed by atoms with Gasteiger partial charge < -0.3 is 9.15 Å². The first-order valence-electron chi connectivity index (χ1n) is 10.1. The lowest BCUT2D eigenvalue weighted by Crippen LogP contribution is -2.38. The normalized spacial score (nSPS) is 12.7. The van der Waals surface area contributed by atoms with Gasteiger partial charge in [-0.25, -0.2) is 4.98 Å². The number of aldehydes is 1. The average molecular weight is 419 g/mol. The van der Waals surface area contributed by atoms with Gasteiger partial charge in [0.05, 0.1) is 17.7 Å². The lowest BCUT2D eigenvalue weighted by atomic mass is 9.77. The van der Waals surface area contributed by atoms with E-state index in [2.05, 4.69) is 4.98 Å². The van der Waals surface area contributed by atoms with Gasteiger partial charge >= 0.3 is 0 Å². The number of Topliss-reactive ketones (excluding diaryl/α,β-unsaturated/α-hetero) is 2. The van der Waals surface area contributed by atoms with Gasteiger partial charge in [0, 0.05) is 12.0 Å². The Morgan fingerprint density at radius 2 is 1.77 bits per heavy atom. The molecule has 1 aromatic heterocycles. The number of rotatable bonds is 10. The summed E-state index contributed by atoms with van der Waals surface area (Å²) in [5, 5.41) is 0. The molecule has 160 valence electrons. The molecule has 3 aromatic rings. The lowest BCUT2D eigenvalue weighted by Gasteiger charge is -2.22. The van der Waals surface area contributed by atoms with Gasteiger partial charge in [0.25, 0.3) is 0 Å². The summed E-state index contributed by atoms with van der Waals surface area (Å²) in [6.07, 6.45) is 0.981. The van der Waals surface area contributed by atoms with Crippen molar-refractivity contribution < 1.29 is 23.5 Å². The predicted octanol–water partition coefficient (Wildman–Crippen LogP) is 4.18. The number of aryl methyl sites for hydroxylation is 1. The molecule has 6 heteroatoms. The Balaban J connectivity index is 1.59. The number of hydrogen-bond acceptors (Lipinski definition) is 6. The predicted molar refractivity (Wildman–Crippen MR) is 116 cm³/mol. The fourth-order valence-electron chi connectivity index (χ4n) is 3.26. The number of carbonyl (C=O) groups is 3. The number of ketones is 2. The summed E-state index contributed by atoms with van der Waals surface area (Å²) >= 11 is 0. The number of nitrogens with zero attached hydrogens (tertiary/aromatic N) is 1. The molecule has 0 saturated carbocycles. The van der Waals surface area contributed by atoms with Crippen LogP contribution in [-0.4, -0.2) is 29.4 Å². The van der Waals surface area contributed by atoms with Crippen LogP contribution in [0.1, 0.15) is 30.9 Å². The molecule has 1 heterocycles. The second kappa shape index (κ2) is 9.51. The summed E-state index contributed by atoms with van der Waals surface area (Å²) in [6.45, 7) is 5.14. The summed E-state index contributed by atoms with van der Waals surface area (Å²) in [4.78, 5) is 39.3. The molecule has 0 radical (unpaired) electrons. The highest BCUT2D eigenvalue weighted by Gasteiger charge is 2.37. The highest BCUT2D eigenvalue weighted by molar-refractivity contribution is 6.33. The van der Waals surface area contributed by atoms with Gasteiger partial charge in [0.2, 0.25) is 11.7 Å². The number of hydrogen-bond donors (Lipinski definition) is 0. The molecule has 1 atom stereocenters. The number of ether oxygens (including phenoxy) is 1. The maximum Gasteiger partial charge on any atom is 0.226 e. The maximum absolute atomic E-state index is 11.9. The van der Waals surface area contributed by atoms with E-state index in [0.29, 0.717) is 24.7 Å². The maximum atomic E-state index is 11.9. The van der Waals surface area contributed by atoms with Crippen LogP contribution < -0.4 is 4.74 Å². The largest absolute Gasteiger partial charge is 0.493 e. The molecule has 0 aliphatic rings. The Labute approximate surface area is 181 Å². The molecule has 0 aliphatic heterocycles. The van der Waals surface area contributed by atoms with Crippen molar-refractivity contribution in [3.63, 3.8) is 0 Å². The summed E-state index contributed by atoms with van der Waals surface area (Å²) < 4.78 is 11.6. The molecule has 6 nitrogen and oxygen atoms in total. The van der Waals surface area contributed by atoms with Crippen molar-refractivity contribution in [1.82, 2.24) is 4.98 Å². The van der Waals surface area contributed by atoms with Crippen molar-refractivity contribution in [2.45, 2.75) is 33.6 Å². The number of aromatic nitrogens is 1. The molecule has 1 unspecified atom stereocenters. The first-order chi connectivity index (χ1) is 14.8. The van der Waals surface area contributed by atoms with Gasteiger partial charge in [-0.05, 0) is 57.0 Å². The minimum atomic E-state index is -1.34. The van der Waals surface area contributed by atoms with Crippen LogP contribution in [0.5, 0.6) is 5.75 Å². The highest BCUT2D eigenvalue weighted by atomic mass is 16.5. The average Bonchev–Trinajstić information content (AvgIpc) is 3.15. The Bertz CT molecular complexity index is 1070. The summed E-state index contributed by atoms with van der Waals surface area (Å²) in [6, 6.07) is 16.9. The Kier molecular flexibility index (Phi) is 6.80. The van der Waals surface area contributed by atoms with Crippen molar-refractivity contribution in [2.24, 2.45) is 5.41 Å². The van der Waals surface area contributed by atoms with E-state index >= 15 is 0 Å². The van der Waals surface area contributed by atoms with Crippen LogP contribution in [0.15, 0.2) is 59.0 Å². The van der Waals surface area contributed by atoms with Crippen molar-refractivity contribution in [1.29, 1.82) is 0 Å². The number of benzene rings is 2. The van der Waals surface area contributed by atoms with Gasteiger partial charge in [0.1, 0.15) is 17.3 Å². The molecule has 2 aromatic carbocycles. The monoisotopic (exact) mass is 419 g/mol. The van der Waals surface area contributed by atoms with Gasteiger partial charge in [0.15, 0.2) is 6.29 Å². The molecule has 0 saturated heterocycles. The molecule has 0 aliphatic carbocycles. The molecular formula is C25H25NO5. The molecule has 3 rings (SSSR count). The van der Waals surface area contributed by atoms with Gasteiger partial charge in [-0.1, -0.05) is 30.3 Å². The van der Waals surface area contributed by atoms with Crippen LogP contribution in [-0.2, 0) is 27.2 Å². The van der Waals surface area contributed by atoms with Crippen LogP contribution in [0, 0.1) is 12.3 Å². The molecule has 31 heavy (non-hydrogen) atoms. The first-order valence-corrected chi connectivity index (χ1v) is 10.1. The zero-order valence-electron chi connectivity index (χ0n) is 17.9. The highest BCUT2D eigenvalue weighted by Crippen LogP contribution is 2.26. The van der Waals surface area contributed by atoms with Gasteiger partial charge in [-0.3, -0.25) is 14.4 Å². The summed E-state index contributed by atoms with van der Waals surface area (Å²) in [5.74, 6) is 0.984. The fourth-order valence-corrected chi connectivity index (χ4v) is 3.26. The quantitative estimate of drug-likeness (QED) is 0.278. The van der Waals surface area contributed by atoms with E-state index in [1.807, 2.05) is 37.3 Å². The van der Waals surface area contributed by atoms with E-state index in [4.69, 9.17) is 9.15 Å². The third-order valence-corrected chi connectivity index (χ3v) is 5.43. The van der Waals surface area contributed by atoms with Crippen LogP contribution in [0.25, 0.3) is 11.5 Å². The second-order valence-electron chi connectivity index (χ2n) is 7.68. The standard InChI is InChI=1S/C25H25NO5/c1-17-22(26-24(31-17)20-7-5-4-6-8-20)13-14-30-21-11-9-19(10-12-21)15-25(3,18(2)28)23(29)16-27/h4-12,16H,13-15H2,1-3H3. The van der Waals surface area contributed by atoms with E-state index in [9.17, 15) is 14.4 Å². The third kappa shape index (κ3) is 5.15. The lowest BCUT2D eigenvalue weighted by molar-refractivity contribution is -0.142. The Morgan fingerprint density at radius 3 is 2.39 bits per heavy atom. The summed E-state index contributed by atoms with van der Waals surface area (Å²) in [5.41, 5.74) is 1.21. The first kappa shape index (κ1) is 22.2. The van der Waals surface area contributed by atoms with Crippen molar-refractivity contribution in [3.8, 4) is 17.2 Å². The second-order valence-corrected chi connectivity index (χ2v) is 7.68. The number of oxazole rings is 1. The van der Waals surface area contributed by atoms with Crippen LogP contribution in [0.2, 0.25) is 0 Å². The van der Waals surface area contributed by atoms with Crippen LogP contribution in [0.4, 0.5) is 0 Å². The molecule has 0 bridgehead atoms. The Hall–Kier alpha value is -3.54. The summed E-state index contributed by atoms with van der Waals surface area (Å²) in [7, 11) is 0. The van der Waals surface area contributed by atoms with E-state index < -0.39 is 11.2 Å². The fraction of sp³-hybridized carbons (Fsp3) is 0.280.